The van der Waals surface area contributed by atoms with E-state index in [1.54, 1.807) is 18.8 Å². The molecule has 2 aromatic heterocycles. The van der Waals surface area contributed by atoms with E-state index in [0.717, 1.165) is 16.7 Å². The van der Waals surface area contributed by atoms with Gasteiger partial charge in [0.2, 0.25) is 14.3 Å². The lowest BCUT2D eigenvalue weighted by Crippen LogP contribution is -2.53. The summed E-state index contributed by atoms with van der Waals surface area (Å²) in [5.41, 5.74) is 1.55. The first kappa shape index (κ1) is 45.1. The van der Waals surface area contributed by atoms with Gasteiger partial charge in [-0.05, 0) is 63.5 Å². The molecule has 3 heterocycles. The first-order chi connectivity index (χ1) is 28.7. The van der Waals surface area contributed by atoms with Gasteiger partial charge in [-0.1, -0.05) is 110 Å². The van der Waals surface area contributed by atoms with Gasteiger partial charge >= 0.3 is 8.25 Å². The summed E-state index contributed by atoms with van der Waals surface area (Å²) in [6.07, 6.45) is -2.51. The van der Waals surface area contributed by atoms with Gasteiger partial charge < -0.3 is 28.7 Å². The van der Waals surface area contributed by atoms with Crippen molar-refractivity contribution in [1.82, 2.24) is 19.5 Å². The third kappa shape index (κ3) is 8.94. The number of aromatic amines is 1. The summed E-state index contributed by atoms with van der Waals surface area (Å²) in [6, 6.07) is 25.2. The summed E-state index contributed by atoms with van der Waals surface area (Å²) in [7, 11) is -2.67. The van der Waals surface area contributed by atoms with Crippen LogP contribution >= 0.6 is 8.25 Å². The Morgan fingerprint density at radius 2 is 1.40 bits per heavy atom. The number of ether oxygens (including phenoxy) is 4. The first-order valence-corrected chi connectivity index (χ1v) is 23.8. The average Bonchev–Trinajstić information content (AvgIpc) is 3.80. The number of hydrogen-bond donors (Lipinski definition) is 3. The summed E-state index contributed by atoms with van der Waals surface area (Å²) in [5.74, 6) is 1.92. The maximum atomic E-state index is 13.4. The lowest BCUT2D eigenvalue weighted by molar-refractivity contribution is -0.0920. The number of imidazole rings is 1. The second-order valence-corrected chi connectivity index (χ2v) is 22.7. The Hall–Kier alpha value is -4.47. The van der Waals surface area contributed by atoms with Crippen molar-refractivity contribution in [3.63, 3.8) is 0 Å². The number of nitrogens with one attached hydrogen (secondary N) is 2. The lowest BCUT2D eigenvalue weighted by Gasteiger charge is -2.45. The lowest BCUT2D eigenvalue weighted by atomic mass is 9.80. The van der Waals surface area contributed by atoms with Crippen LogP contribution in [0.2, 0.25) is 16.6 Å². The predicted molar refractivity (Wildman–Crippen MR) is 234 cm³/mol. The largest absolute Gasteiger partial charge is 0.695 e. The molecule has 322 valence electrons. The Balaban J connectivity index is 1.53. The molecular formula is C44H59N5O9PSi+. The Morgan fingerprint density at radius 3 is 1.90 bits per heavy atom. The summed E-state index contributed by atoms with van der Waals surface area (Å²) in [5, 5.41) is 3.22. The zero-order valence-electron chi connectivity index (χ0n) is 36.1. The fraction of sp³-hybridized carbons (Fsp3) is 0.477. The van der Waals surface area contributed by atoms with Crippen molar-refractivity contribution in [2.75, 3.05) is 32.7 Å². The van der Waals surface area contributed by atoms with E-state index in [1.807, 2.05) is 78.9 Å². The summed E-state index contributed by atoms with van der Waals surface area (Å²) >= 11 is 0. The molecule has 6 rings (SSSR count). The van der Waals surface area contributed by atoms with E-state index in [2.05, 4.69) is 70.7 Å². The van der Waals surface area contributed by atoms with Gasteiger partial charge in [0.1, 0.15) is 29.3 Å². The molecule has 3 N–H and O–H groups in total. The number of hydrogen-bond acceptors (Lipinski definition) is 11. The summed E-state index contributed by atoms with van der Waals surface area (Å²) in [4.78, 5) is 36.0. The number of H-pyrrole nitrogens is 1. The fourth-order valence-corrected chi connectivity index (χ4v) is 14.8. The highest BCUT2D eigenvalue weighted by Crippen LogP contribution is 2.49. The van der Waals surface area contributed by atoms with Gasteiger partial charge in [0, 0.05) is 11.1 Å². The van der Waals surface area contributed by atoms with Crippen molar-refractivity contribution in [2.45, 2.75) is 102 Å². The van der Waals surface area contributed by atoms with Crippen molar-refractivity contribution in [3.05, 3.63) is 112 Å². The molecule has 0 saturated carbocycles. The second kappa shape index (κ2) is 19.1. The molecule has 5 aromatic rings. The summed E-state index contributed by atoms with van der Waals surface area (Å²) < 4.78 is 53.4. The van der Waals surface area contributed by atoms with E-state index in [1.165, 1.54) is 6.33 Å². The third-order valence-electron chi connectivity index (χ3n) is 11.6. The molecule has 5 atom stereocenters. The standard InChI is InChI=1S/C44H58N5O9PSi/c1-27(2)24-45-43-47-40-37(41(50)48-43)46-26-49(40)42-39(58-60(28(3)4,29(5)6)30(7)8)38(57-59(51)52)36(56-42)25-55-44(31-14-12-11-13-15-31,32-16-20-34(53-9)21-17-32)33-18-22-35(54-10)23-19-33/h11-23,26-30,36,38-39,42H,24-25H2,1-10H3,(H2-,45,47,48,50,51,52)/p+1/t36-,38-,39-,42-/m1/s1. The average molecular weight is 861 g/mol. The van der Waals surface area contributed by atoms with Crippen LogP contribution in [0.3, 0.4) is 0 Å². The van der Waals surface area contributed by atoms with Crippen LogP contribution in [0.15, 0.2) is 90.0 Å². The maximum absolute atomic E-state index is 13.4. The van der Waals surface area contributed by atoms with E-state index >= 15 is 0 Å². The van der Waals surface area contributed by atoms with Gasteiger partial charge in [-0.15, -0.1) is 9.42 Å². The Kier molecular flexibility index (Phi) is 14.3. The fourth-order valence-electron chi connectivity index (χ4n) is 8.85. The number of methoxy groups -OCH3 is 2. The molecule has 0 radical (unpaired) electrons. The molecule has 14 nitrogen and oxygen atoms in total. The van der Waals surface area contributed by atoms with E-state index in [9.17, 15) is 14.3 Å². The van der Waals surface area contributed by atoms with Crippen molar-refractivity contribution < 1.29 is 37.4 Å². The minimum absolute atomic E-state index is 0.111. The van der Waals surface area contributed by atoms with Crippen molar-refractivity contribution in [1.29, 1.82) is 0 Å². The molecule has 16 heteroatoms. The Labute approximate surface area is 354 Å². The van der Waals surface area contributed by atoms with Gasteiger partial charge in [0.05, 0.1) is 27.2 Å². The van der Waals surface area contributed by atoms with Crippen molar-refractivity contribution in [3.8, 4) is 11.5 Å². The van der Waals surface area contributed by atoms with Gasteiger partial charge in [-0.2, -0.15) is 4.98 Å². The van der Waals surface area contributed by atoms with Crippen molar-refractivity contribution in [2.24, 2.45) is 5.92 Å². The Morgan fingerprint density at radius 1 is 0.850 bits per heavy atom. The molecule has 0 bridgehead atoms. The zero-order valence-corrected chi connectivity index (χ0v) is 38.0. The molecule has 1 aliphatic rings. The smallest absolute Gasteiger partial charge is 0.497 e. The van der Waals surface area contributed by atoms with Gasteiger partial charge in [0.25, 0.3) is 5.56 Å². The molecule has 0 aliphatic carbocycles. The molecule has 0 spiro atoms. The number of rotatable bonds is 19. The number of aromatic nitrogens is 4. The highest BCUT2D eigenvalue weighted by Gasteiger charge is 2.58. The minimum Gasteiger partial charge on any atom is -0.497 e. The summed E-state index contributed by atoms with van der Waals surface area (Å²) in [6.45, 7) is 17.5. The van der Waals surface area contributed by atoms with Crippen LogP contribution in [0.5, 0.6) is 11.5 Å². The van der Waals surface area contributed by atoms with E-state index < -0.39 is 52.3 Å². The van der Waals surface area contributed by atoms with Crippen LogP contribution in [0.25, 0.3) is 11.2 Å². The van der Waals surface area contributed by atoms with Crippen LogP contribution in [-0.2, 0) is 28.6 Å². The quantitative estimate of drug-likeness (QED) is 0.0411. The van der Waals surface area contributed by atoms with E-state index in [4.69, 9.17) is 32.9 Å². The monoisotopic (exact) mass is 860 g/mol. The van der Waals surface area contributed by atoms with Gasteiger partial charge in [-0.25, -0.2) is 4.98 Å². The predicted octanol–water partition coefficient (Wildman–Crippen LogP) is 8.71. The van der Waals surface area contributed by atoms with Gasteiger partial charge in [-0.3, -0.25) is 14.3 Å². The first-order valence-electron chi connectivity index (χ1n) is 20.5. The minimum atomic E-state index is -3.15. The third-order valence-corrected chi connectivity index (χ3v) is 18.1. The van der Waals surface area contributed by atoms with Crippen LogP contribution in [0.4, 0.5) is 5.95 Å². The van der Waals surface area contributed by atoms with Crippen LogP contribution < -0.4 is 20.3 Å². The van der Waals surface area contributed by atoms with Crippen LogP contribution in [0, 0.1) is 5.92 Å². The molecule has 1 fully saturated rings. The van der Waals surface area contributed by atoms with Crippen molar-refractivity contribution >= 4 is 33.7 Å². The SMILES string of the molecule is COc1ccc(C(OC[C@H]2O[C@@H](n3cnc4c(=O)[nH]c(NCC(C)C)nc43)[C@H](O[Si](C(C)C)(C(C)C)C(C)C)[C@@H]2O[P+](=O)O)(c2ccccc2)c2ccc(OC)cc2)cc1. The normalized spacial score (nSPS) is 18.9. The second-order valence-electron chi connectivity index (χ2n) is 16.6. The molecule has 3 aromatic carbocycles. The van der Waals surface area contributed by atoms with E-state index in [0.29, 0.717) is 18.0 Å². The molecule has 0 amide bonds. The highest BCUT2D eigenvalue weighted by molar-refractivity contribution is 7.32. The van der Waals surface area contributed by atoms with Crippen LogP contribution in [-0.4, -0.2) is 78.4 Å². The Bertz CT molecular complexity index is 2180. The molecule has 1 unspecified atom stereocenters. The maximum Gasteiger partial charge on any atom is 0.695 e. The number of anilines is 1. The van der Waals surface area contributed by atoms with Gasteiger partial charge in [0.15, 0.2) is 23.5 Å². The zero-order chi connectivity index (χ0) is 43.4. The number of nitrogens with zero attached hydrogens (tertiary/aromatic N) is 3. The molecular weight excluding hydrogens is 802 g/mol. The van der Waals surface area contributed by atoms with Crippen LogP contribution in [0.1, 0.15) is 78.3 Å². The highest BCUT2D eigenvalue weighted by atomic mass is 31.1. The molecule has 60 heavy (non-hydrogen) atoms. The molecule has 1 saturated heterocycles. The topological polar surface area (TPSA) is 168 Å². The molecule has 1 aliphatic heterocycles. The van der Waals surface area contributed by atoms with E-state index in [-0.39, 0.29) is 46.3 Å². The number of benzene rings is 3. The number of fused-ring (bicyclic) bond motifs is 1.